The maximum Gasteiger partial charge on any atom is 0.339 e. The van der Waals surface area contributed by atoms with Crippen LogP contribution >= 0.6 is 0 Å². The van der Waals surface area contributed by atoms with Crippen molar-refractivity contribution in [3.63, 3.8) is 0 Å². The molecule has 1 atom stereocenters. The van der Waals surface area contributed by atoms with Gasteiger partial charge in [-0.05, 0) is 6.92 Å². The molecule has 1 saturated heterocycles. The van der Waals surface area contributed by atoms with E-state index in [0.717, 1.165) is 0 Å². The second-order valence-corrected chi connectivity index (χ2v) is 3.95. The summed E-state index contributed by atoms with van der Waals surface area (Å²) in [6.07, 6.45) is 1.27. The van der Waals surface area contributed by atoms with Crippen LogP contribution < -0.4 is 5.32 Å². The molecule has 1 fully saturated rings. The summed E-state index contributed by atoms with van der Waals surface area (Å²) in [7, 11) is 0. The number of carboxylic acid groups (broad SMARTS) is 1. The van der Waals surface area contributed by atoms with Gasteiger partial charge in [-0.15, -0.1) is 0 Å². The number of hydrogen-bond acceptors (Lipinski definition) is 6. The zero-order chi connectivity index (χ0) is 13.0. The second kappa shape index (κ2) is 5.74. The van der Waals surface area contributed by atoms with E-state index in [2.05, 4.69) is 15.3 Å². The normalized spacial score (nSPS) is 19.5. The minimum absolute atomic E-state index is 0.0261. The lowest BCUT2D eigenvalue weighted by Crippen LogP contribution is -2.34. The van der Waals surface area contributed by atoms with E-state index in [1.807, 2.05) is 0 Å². The van der Waals surface area contributed by atoms with Crippen LogP contribution in [-0.2, 0) is 9.47 Å². The summed E-state index contributed by atoms with van der Waals surface area (Å²) in [5.41, 5.74) is 0.540. The Kier molecular flexibility index (Phi) is 4.06. The number of ether oxygens (including phenoxy) is 2. The smallest absolute Gasteiger partial charge is 0.339 e. The van der Waals surface area contributed by atoms with Crippen LogP contribution in [0, 0.1) is 6.92 Å². The van der Waals surface area contributed by atoms with Crippen LogP contribution in [-0.4, -0.2) is 53.5 Å². The maximum absolute atomic E-state index is 10.8. The second-order valence-electron chi connectivity index (χ2n) is 3.95. The molecular formula is C11H15N3O4. The Morgan fingerprint density at radius 2 is 2.44 bits per heavy atom. The first-order chi connectivity index (χ1) is 8.66. The summed E-state index contributed by atoms with van der Waals surface area (Å²) in [6, 6.07) is 0. The van der Waals surface area contributed by atoms with Crippen LogP contribution in [0.4, 0.5) is 5.95 Å². The van der Waals surface area contributed by atoms with Crippen molar-refractivity contribution in [1.82, 2.24) is 9.97 Å². The molecule has 2 rings (SSSR count). The molecule has 7 nitrogen and oxygen atoms in total. The molecule has 2 heterocycles. The van der Waals surface area contributed by atoms with E-state index >= 15 is 0 Å². The van der Waals surface area contributed by atoms with E-state index in [-0.39, 0.29) is 11.7 Å². The molecule has 7 heteroatoms. The van der Waals surface area contributed by atoms with Crippen LogP contribution in [0.2, 0.25) is 0 Å². The molecule has 0 bridgehead atoms. The Morgan fingerprint density at radius 3 is 3.06 bits per heavy atom. The van der Waals surface area contributed by atoms with E-state index < -0.39 is 5.97 Å². The fourth-order valence-corrected chi connectivity index (χ4v) is 1.62. The molecule has 1 aliphatic rings. The van der Waals surface area contributed by atoms with Gasteiger partial charge in [0.15, 0.2) is 0 Å². The third kappa shape index (κ3) is 3.14. The molecule has 1 unspecified atom stereocenters. The van der Waals surface area contributed by atoms with Crippen molar-refractivity contribution in [2.75, 3.05) is 31.7 Å². The maximum atomic E-state index is 10.8. The topological polar surface area (TPSA) is 93.6 Å². The zero-order valence-corrected chi connectivity index (χ0v) is 10.0. The van der Waals surface area contributed by atoms with E-state index in [0.29, 0.717) is 38.0 Å². The third-order valence-electron chi connectivity index (χ3n) is 2.58. The number of hydrogen-bond donors (Lipinski definition) is 2. The average molecular weight is 253 g/mol. The Bertz CT molecular complexity index is 432. The highest BCUT2D eigenvalue weighted by atomic mass is 16.6. The standard InChI is InChI=1S/C11H15N3O4/c1-7-9(10(15)16)5-13-11(14-7)12-4-8-6-17-2-3-18-8/h5,8H,2-4,6H2,1H3,(H,15,16)(H,12,13,14). The third-order valence-corrected chi connectivity index (χ3v) is 2.58. The highest BCUT2D eigenvalue weighted by molar-refractivity contribution is 5.88. The van der Waals surface area contributed by atoms with Crippen molar-refractivity contribution in [1.29, 1.82) is 0 Å². The first kappa shape index (κ1) is 12.7. The van der Waals surface area contributed by atoms with Gasteiger partial charge in [-0.1, -0.05) is 0 Å². The first-order valence-corrected chi connectivity index (χ1v) is 5.67. The average Bonchev–Trinajstić information content (AvgIpc) is 2.37. The number of aromatic carboxylic acids is 1. The number of nitrogens with one attached hydrogen (secondary N) is 1. The lowest BCUT2D eigenvalue weighted by molar-refractivity contribution is -0.0819. The van der Waals surface area contributed by atoms with Crippen LogP contribution in [0.3, 0.4) is 0 Å². The molecule has 0 aliphatic carbocycles. The highest BCUT2D eigenvalue weighted by Gasteiger charge is 2.15. The summed E-state index contributed by atoms with van der Waals surface area (Å²) in [6.45, 7) is 3.92. The number of carboxylic acids is 1. The number of carbonyl (C=O) groups is 1. The molecule has 98 valence electrons. The van der Waals surface area contributed by atoms with Crippen molar-refractivity contribution in [2.24, 2.45) is 0 Å². The van der Waals surface area contributed by atoms with Gasteiger partial charge in [0.1, 0.15) is 0 Å². The summed E-state index contributed by atoms with van der Waals surface area (Å²) in [5.74, 6) is -0.630. The molecule has 18 heavy (non-hydrogen) atoms. The van der Waals surface area contributed by atoms with E-state index in [1.54, 1.807) is 6.92 Å². The van der Waals surface area contributed by atoms with Gasteiger partial charge in [0.25, 0.3) is 0 Å². The van der Waals surface area contributed by atoms with Gasteiger partial charge in [-0.3, -0.25) is 0 Å². The van der Waals surface area contributed by atoms with Crippen LogP contribution in [0.1, 0.15) is 16.1 Å². The molecule has 0 aromatic carbocycles. The van der Waals surface area contributed by atoms with Gasteiger partial charge in [0.05, 0.1) is 37.2 Å². The number of anilines is 1. The SMILES string of the molecule is Cc1nc(NCC2COCCO2)ncc1C(=O)O. The Hall–Kier alpha value is -1.73. The minimum atomic E-state index is -1.02. The lowest BCUT2D eigenvalue weighted by Gasteiger charge is -2.23. The van der Waals surface area contributed by atoms with Crippen molar-refractivity contribution in [3.8, 4) is 0 Å². The molecule has 0 spiro atoms. The number of rotatable bonds is 4. The summed E-state index contributed by atoms with van der Waals surface area (Å²) in [5, 5.41) is 11.9. The zero-order valence-electron chi connectivity index (χ0n) is 10.0. The van der Waals surface area contributed by atoms with Crippen molar-refractivity contribution >= 4 is 11.9 Å². The highest BCUT2D eigenvalue weighted by Crippen LogP contribution is 2.08. The van der Waals surface area contributed by atoms with Gasteiger partial charge in [0, 0.05) is 12.7 Å². The van der Waals surface area contributed by atoms with Gasteiger partial charge in [-0.25, -0.2) is 14.8 Å². The van der Waals surface area contributed by atoms with Crippen molar-refractivity contribution in [2.45, 2.75) is 13.0 Å². The van der Waals surface area contributed by atoms with Gasteiger partial charge < -0.3 is 19.9 Å². The van der Waals surface area contributed by atoms with Crippen LogP contribution in [0.15, 0.2) is 6.20 Å². The van der Waals surface area contributed by atoms with E-state index in [9.17, 15) is 4.79 Å². The fourth-order valence-electron chi connectivity index (χ4n) is 1.62. The van der Waals surface area contributed by atoms with Crippen LogP contribution in [0.5, 0.6) is 0 Å². The Balaban J connectivity index is 1.93. The fraction of sp³-hybridized carbons (Fsp3) is 0.545. The monoisotopic (exact) mass is 253 g/mol. The quantitative estimate of drug-likeness (QED) is 0.797. The molecule has 1 aliphatic heterocycles. The van der Waals surface area contributed by atoms with Crippen molar-refractivity contribution < 1.29 is 19.4 Å². The van der Waals surface area contributed by atoms with E-state index in [1.165, 1.54) is 6.20 Å². The molecular weight excluding hydrogens is 238 g/mol. The van der Waals surface area contributed by atoms with Crippen molar-refractivity contribution in [3.05, 3.63) is 17.5 Å². The van der Waals surface area contributed by atoms with Gasteiger partial charge in [-0.2, -0.15) is 0 Å². The molecule has 0 amide bonds. The minimum Gasteiger partial charge on any atom is -0.478 e. The predicted molar refractivity (Wildman–Crippen MR) is 62.8 cm³/mol. The van der Waals surface area contributed by atoms with E-state index in [4.69, 9.17) is 14.6 Å². The number of nitrogens with zero attached hydrogens (tertiary/aromatic N) is 2. The molecule has 1 aromatic rings. The Labute approximate surface area is 104 Å². The molecule has 2 N–H and O–H groups in total. The number of aromatic nitrogens is 2. The first-order valence-electron chi connectivity index (χ1n) is 5.67. The lowest BCUT2D eigenvalue weighted by atomic mass is 10.2. The summed E-state index contributed by atoms with van der Waals surface area (Å²) >= 11 is 0. The molecule has 0 radical (unpaired) electrons. The largest absolute Gasteiger partial charge is 0.478 e. The molecule has 1 aromatic heterocycles. The Morgan fingerprint density at radius 1 is 1.61 bits per heavy atom. The van der Waals surface area contributed by atoms with Gasteiger partial charge in [0.2, 0.25) is 5.95 Å². The van der Waals surface area contributed by atoms with Crippen LogP contribution in [0.25, 0.3) is 0 Å². The summed E-state index contributed by atoms with van der Waals surface area (Å²) < 4.78 is 10.7. The molecule has 0 saturated carbocycles. The summed E-state index contributed by atoms with van der Waals surface area (Å²) in [4.78, 5) is 18.8. The van der Waals surface area contributed by atoms with Gasteiger partial charge >= 0.3 is 5.97 Å². The number of aryl methyl sites for hydroxylation is 1. The predicted octanol–water partition coefficient (Wildman–Crippen LogP) is 0.311.